The normalized spacial score (nSPS) is 24.5. The van der Waals surface area contributed by atoms with Gasteiger partial charge in [0.15, 0.2) is 11.5 Å². The first-order chi connectivity index (χ1) is 9.13. The van der Waals surface area contributed by atoms with Crippen molar-refractivity contribution in [2.24, 2.45) is 0 Å². The van der Waals surface area contributed by atoms with Gasteiger partial charge < -0.3 is 19.9 Å². The summed E-state index contributed by atoms with van der Waals surface area (Å²) in [6.07, 6.45) is 0.905. The van der Waals surface area contributed by atoms with E-state index in [-0.39, 0.29) is 18.1 Å². The Morgan fingerprint density at radius 1 is 1.32 bits per heavy atom. The molecule has 0 unspecified atom stereocenters. The van der Waals surface area contributed by atoms with E-state index in [2.05, 4.69) is 5.32 Å². The molecule has 2 N–H and O–H groups in total. The van der Waals surface area contributed by atoms with Gasteiger partial charge in [0.05, 0.1) is 11.1 Å². The van der Waals surface area contributed by atoms with E-state index in [1.54, 1.807) is 12.1 Å². The summed E-state index contributed by atoms with van der Waals surface area (Å²) in [5, 5.41) is 12.4. The zero-order valence-electron chi connectivity index (χ0n) is 10.2. The van der Waals surface area contributed by atoms with Gasteiger partial charge in [0, 0.05) is 11.6 Å². The van der Waals surface area contributed by atoms with E-state index < -0.39 is 0 Å². The predicted octanol–water partition coefficient (Wildman–Crippen LogP) is 1.36. The highest BCUT2D eigenvalue weighted by Crippen LogP contribution is 2.38. The molecule has 3 rings (SSSR count). The first-order valence-electron chi connectivity index (χ1n) is 6.21. The Morgan fingerprint density at radius 2 is 2.05 bits per heavy atom. The molecule has 1 aliphatic carbocycles. The van der Waals surface area contributed by atoms with Crippen LogP contribution in [0.25, 0.3) is 0 Å². The first-order valence-corrected chi connectivity index (χ1v) is 6.59. The standard InChI is InChI=1S/C13H14ClNO4/c14-10-3-7(4-11-12(10)19-2-1-18-11)13(17)15-8-5-9(16)6-8/h3-4,8-9,16H,1-2,5-6H2,(H,15,17). The summed E-state index contributed by atoms with van der Waals surface area (Å²) >= 11 is 6.07. The Hall–Kier alpha value is -1.46. The van der Waals surface area contributed by atoms with Crippen LogP contribution in [0, 0.1) is 0 Å². The molecule has 0 radical (unpaired) electrons. The minimum Gasteiger partial charge on any atom is -0.486 e. The number of benzene rings is 1. The highest BCUT2D eigenvalue weighted by atomic mass is 35.5. The Kier molecular flexibility index (Phi) is 3.24. The minimum absolute atomic E-state index is 0.0366. The fourth-order valence-electron chi connectivity index (χ4n) is 2.22. The molecule has 1 aromatic carbocycles. The average molecular weight is 284 g/mol. The van der Waals surface area contributed by atoms with Crippen LogP contribution in [0.1, 0.15) is 23.2 Å². The van der Waals surface area contributed by atoms with Crippen molar-refractivity contribution < 1.29 is 19.4 Å². The van der Waals surface area contributed by atoms with E-state index >= 15 is 0 Å². The van der Waals surface area contributed by atoms with Crippen LogP contribution in [0.4, 0.5) is 0 Å². The Morgan fingerprint density at radius 3 is 2.79 bits per heavy atom. The fraction of sp³-hybridized carbons (Fsp3) is 0.462. The molecule has 19 heavy (non-hydrogen) atoms. The molecule has 6 heteroatoms. The number of carbonyl (C=O) groups is 1. The third kappa shape index (κ3) is 2.48. The summed E-state index contributed by atoms with van der Waals surface area (Å²) in [5.74, 6) is 0.775. The van der Waals surface area contributed by atoms with E-state index in [0.717, 1.165) is 0 Å². The van der Waals surface area contributed by atoms with E-state index in [0.29, 0.717) is 48.1 Å². The lowest BCUT2D eigenvalue weighted by molar-refractivity contribution is 0.0562. The lowest BCUT2D eigenvalue weighted by Gasteiger charge is -2.32. The lowest BCUT2D eigenvalue weighted by Crippen LogP contribution is -2.46. The van der Waals surface area contributed by atoms with Gasteiger partial charge in [-0.15, -0.1) is 0 Å². The van der Waals surface area contributed by atoms with Gasteiger partial charge in [0.2, 0.25) is 0 Å². The molecule has 0 saturated heterocycles. The van der Waals surface area contributed by atoms with Crippen molar-refractivity contribution in [3.8, 4) is 11.5 Å². The van der Waals surface area contributed by atoms with Gasteiger partial charge in [-0.2, -0.15) is 0 Å². The zero-order valence-corrected chi connectivity index (χ0v) is 10.9. The van der Waals surface area contributed by atoms with Crippen molar-refractivity contribution >= 4 is 17.5 Å². The van der Waals surface area contributed by atoms with Gasteiger partial charge in [-0.25, -0.2) is 0 Å². The van der Waals surface area contributed by atoms with Crippen LogP contribution < -0.4 is 14.8 Å². The van der Waals surface area contributed by atoms with Crippen molar-refractivity contribution in [3.05, 3.63) is 22.7 Å². The van der Waals surface area contributed by atoms with E-state index in [1.165, 1.54) is 0 Å². The second-order valence-corrected chi connectivity index (χ2v) is 5.19. The Balaban J connectivity index is 1.77. The van der Waals surface area contributed by atoms with Crippen LogP contribution in [0.15, 0.2) is 12.1 Å². The van der Waals surface area contributed by atoms with Gasteiger partial charge in [0.1, 0.15) is 13.2 Å². The lowest BCUT2D eigenvalue weighted by atomic mass is 9.89. The number of fused-ring (bicyclic) bond motifs is 1. The molecule has 0 bridgehead atoms. The number of rotatable bonds is 2. The largest absolute Gasteiger partial charge is 0.486 e. The number of aliphatic hydroxyl groups is 1. The van der Waals surface area contributed by atoms with Gasteiger partial charge in [-0.3, -0.25) is 4.79 Å². The zero-order chi connectivity index (χ0) is 13.4. The smallest absolute Gasteiger partial charge is 0.251 e. The van der Waals surface area contributed by atoms with Crippen LogP contribution in [-0.4, -0.2) is 36.4 Å². The summed E-state index contributed by atoms with van der Waals surface area (Å²) in [4.78, 5) is 12.0. The Labute approximate surface area is 115 Å². The molecule has 1 heterocycles. The molecule has 0 spiro atoms. The maximum absolute atomic E-state index is 12.0. The molecule has 1 fully saturated rings. The predicted molar refractivity (Wildman–Crippen MR) is 68.9 cm³/mol. The Bertz CT molecular complexity index is 514. The first kappa shape index (κ1) is 12.6. The number of halogens is 1. The SMILES string of the molecule is O=C(NC1CC(O)C1)c1cc(Cl)c2c(c1)OCCO2. The van der Waals surface area contributed by atoms with E-state index in [9.17, 15) is 9.90 Å². The van der Waals surface area contributed by atoms with Crippen LogP contribution in [-0.2, 0) is 0 Å². The van der Waals surface area contributed by atoms with Gasteiger partial charge in [-0.05, 0) is 25.0 Å². The third-order valence-electron chi connectivity index (χ3n) is 3.31. The molecule has 1 amide bonds. The molecule has 1 saturated carbocycles. The molecule has 0 aromatic heterocycles. The average Bonchev–Trinajstić information content (AvgIpc) is 2.37. The topological polar surface area (TPSA) is 67.8 Å². The molecule has 5 nitrogen and oxygen atoms in total. The summed E-state index contributed by atoms with van der Waals surface area (Å²) in [6, 6.07) is 3.24. The number of carbonyl (C=O) groups excluding carboxylic acids is 1. The number of aliphatic hydroxyl groups excluding tert-OH is 1. The van der Waals surface area contributed by atoms with Crippen molar-refractivity contribution in [2.45, 2.75) is 25.0 Å². The molecule has 1 aromatic rings. The van der Waals surface area contributed by atoms with Crippen LogP contribution in [0.2, 0.25) is 5.02 Å². The maximum atomic E-state index is 12.0. The molecule has 0 atom stereocenters. The number of ether oxygens (including phenoxy) is 2. The van der Waals surface area contributed by atoms with Gasteiger partial charge >= 0.3 is 0 Å². The van der Waals surface area contributed by atoms with Crippen LogP contribution >= 0.6 is 11.6 Å². The summed E-state index contributed by atoms with van der Waals surface area (Å²) in [7, 11) is 0. The van der Waals surface area contributed by atoms with Crippen molar-refractivity contribution in [2.75, 3.05) is 13.2 Å². The summed E-state index contributed by atoms with van der Waals surface area (Å²) in [6.45, 7) is 0.904. The van der Waals surface area contributed by atoms with Gasteiger partial charge in [-0.1, -0.05) is 11.6 Å². The van der Waals surface area contributed by atoms with Crippen molar-refractivity contribution in [1.29, 1.82) is 0 Å². The molecule has 1 aliphatic heterocycles. The number of hydrogen-bond donors (Lipinski definition) is 2. The van der Waals surface area contributed by atoms with Crippen molar-refractivity contribution in [3.63, 3.8) is 0 Å². The number of amides is 1. The molecule has 2 aliphatic rings. The van der Waals surface area contributed by atoms with Gasteiger partial charge in [0.25, 0.3) is 5.91 Å². The summed E-state index contributed by atoms with van der Waals surface area (Å²) < 4.78 is 10.8. The van der Waals surface area contributed by atoms with E-state index in [1.807, 2.05) is 0 Å². The molecule has 102 valence electrons. The van der Waals surface area contributed by atoms with Crippen LogP contribution in [0.3, 0.4) is 0 Å². The highest BCUT2D eigenvalue weighted by molar-refractivity contribution is 6.32. The monoisotopic (exact) mass is 283 g/mol. The number of hydrogen-bond acceptors (Lipinski definition) is 4. The number of nitrogens with one attached hydrogen (secondary N) is 1. The molecular weight excluding hydrogens is 270 g/mol. The maximum Gasteiger partial charge on any atom is 0.251 e. The highest BCUT2D eigenvalue weighted by Gasteiger charge is 2.29. The second kappa shape index (κ2) is 4.90. The molecular formula is C13H14ClNO4. The quantitative estimate of drug-likeness (QED) is 0.860. The third-order valence-corrected chi connectivity index (χ3v) is 3.59. The minimum atomic E-state index is -0.297. The summed E-state index contributed by atoms with van der Waals surface area (Å²) in [5.41, 5.74) is 0.440. The van der Waals surface area contributed by atoms with Crippen LogP contribution in [0.5, 0.6) is 11.5 Å². The second-order valence-electron chi connectivity index (χ2n) is 4.78. The van der Waals surface area contributed by atoms with E-state index in [4.69, 9.17) is 21.1 Å². The van der Waals surface area contributed by atoms with Crippen molar-refractivity contribution in [1.82, 2.24) is 5.32 Å². The fourth-order valence-corrected chi connectivity index (χ4v) is 2.48.